The Bertz CT molecular complexity index is 1880. The highest BCUT2D eigenvalue weighted by Gasteiger charge is 2.24. The van der Waals surface area contributed by atoms with E-state index in [1.165, 1.54) is 32.5 Å². The molecular formula is C28H27N7O5S2. The molecule has 5 heterocycles. The zero-order chi connectivity index (χ0) is 30.0. The van der Waals surface area contributed by atoms with Gasteiger partial charge in [0.2, 0.25) is 11.8 Å². The predicted molar refractivity (Wildman–Crippen MR) is 159 cm³/mol. The van der Waals surface area contributed by atoms with Crippen molar-refractivity contribution in [1.82, 2.24) is 29.8 Å². The number of hydrogen-bond acceptors (Lipinski definition) is 11. The first-order valence-corrected chi connectivity index (χ1v) is 15.2. The van der Waals surface area contributed by atoms with Gasteiger partial charge < -0.3 is 9.64 Å². The number of nitrogens with zero attached hydrogens (tertiary/aromatic N) is 6. The van der Waals surface area contributed by atoms with E-state index in [2.05, 4.69) is 24.7 Å². The lowest BCUT2D eigenvalue weighted by Crippen LogP contribution is -2.33. The van der Waals surface area contributed by atoms with Gasteiger partial charge in [0.25, 0.3) is 10.0 Å². The number of anilines is 1. The van der Waals surface area contributed by atoms with Crippen LogP contribution in [0.2, 0.25) is 0 Å². The van der Waals surface area contributed by atoms with Gasteiger partial charge in [-0.2, -0.15) is 0 Å². The predicted octanol–water partition coefficient (Wildman–Crippen LogP) is 3.73. The summed E-state index contributed by atoms with van der Waals surface area (Å²) in [5.41, 5.74) is 4.40. The fourth-order valence-electron chi connectivity index (χ4n) is 4.50. The number of thiazole rings is 1. The van der Waals surface area contributed by atoms with Gasteiger partial charge in [-0.05, 0) is 57.0 Å². The van der Waals surface area contributed by atoms with Crippen molar-refractivity contribution in [3.63, 3.8) is 0 Å². The van der Waals surface area contributed by atoms with Crippen LogP contribution in [0.4, 0.5) is 5.69 Å². The van der Waals surface area contributed by atoms with Crippen LogP contribution in [0, 0.1) is 13.8 Å². The smallest absolute Gasteiger partial charge is 0.273 e. The first kappa shape index (κ1) is 29.0. The van der Waals surface area contributed by atoms with Crippen molar-refractivity contribution in [3.05, 3.63) is 65.3 Å². The molecular weight excluding hydrogens is 578 g/mol. The van der Waals surface area contributed by atoms with Crippen molar-refractivity contribution >= 4 is 55.3 Å². The van der Waals surface area contributed by atoms with E-state index in [1.54, 1.807) is 37.1 Å². The van der Waals surface area contributed by atoms with Crippen molar-refractivity contribution in [1.29, 1.82) is 0 Å². The van der Waals surface area contributed by atoms with E-state index < -0.39 is 10.0 Å². The molecule has 4 aromatic rings. The van der Waals surface area contributed by atoms with Gasteiger partial charge in [-0.1, -0.05) is 6.08 Å². The molecule has 0 aliphatic carbocycles. The maximum absolute atomic E-state index is 13.2. The first-order chi connectivity index (χ1) is 20.1. The Morgan fingerprint density at radius 2 is 1.93 bits per heavy atom. The van der Waals surface area contributed by atoms with Crippen molar-refractivity contribution < 1.29 is 22.7 Å². The molecule has 0 unspecified atom stereocenters. The third kappa shape index (κ3) is 6.04. The molecule has 0 radical (unpaired) electrons. The van der Waals surface area contributed by atoms with Crippen LogP contribution in [-0.4, -0.2) is 70.1 Å². The number of rotatable bonds is 8. The number of ketones is 1. The molecule has 1 amide bonds. The van der Waals surface area contributed by atoms with Crippen LogP contribution in [-0.2, 0) is 19.6 Å². The number of amides is 1. The van der Waals surface area contributed by atoms with Crippen molar-refractivity contribution in [2.24, 2.45) is 0 Å². The summed E-state index contributed by atoms with van der Waals surface area (Å²) in [6.45, 7) is 5.61. The van der Waals surface area contributed by atoms with Gasteiger partial charge in [0, 0.05) is 30.9 Å². The average Bonchev–Trinajstić information content (AvgIpc) is 3.33. The molecule has 14 heteroatoms. The Hall–Kier alpha value is -4.56. The third-order valence-corrected chi connectivity index (χ3v) is 9.51. The molecule has 0 saturated heterocycles. The fourth-order valence-corrected chi connectivity index (χ4v) is 7.03. The lowest BCUT2D eigenvalue weighted by molar-refractivity contribution is -0.126. The standard InChI is InChI=1S/C28H27N7O5S2/c1-16(36)5-8-24(37)35-11-9-19(10-12-35)25-26-22(30-15-31-25)7-6-21(33-26)20-13-23(27(40-4)29-14-20)34-42(38,39)28-17(2)32-18(3)41-28/h5-9,13-15,34H,10-12H2,1-4H3/b8-5+. The minimum atomic E-state index is -3.94. The molecule has 0 bridgehead atoms. The van der Waals surface area contributed by atoms with Gasteiger partial charge >= 0.3 is 0 Å². The summed E-state index contributed by atoms with van der Waals surface area (Å²) in [5, 5.41) is 0.641. The molecule has 0 saturated carbocycles. The molecule has 12 nitrogen and oxygen atoms in total. The number of fused-ring (bicyclic) bond motifs is 1. The fraction of sp³-hybridized carbons (Fsp3) is 0.250. The van der Waals surface area contributed by atoms with Crippen molar-refractivity contribution in [2.75, 3.05) is 24.9 Å². The number of carbonyl (C=O) groups is 2. The van der Waals surface area contributed by atoms with Gasteiger partial charge in [-0.25, -0.2) is 33.3 Å². The summed E-state index contributed by atoms with van der Waals surface area (Å²) < 4.78 is 34.4. The minimum Gasteiger partial charge on any atom is -0.480 e. The van der Waals surface area contributed by atoms with E-state index >= 15 is 0 Å². The second-order valence-corrected chi connectivity index (χ2v) is 12.6. The van der Waals surface area contributed by atoms with Crippen LogP contribution >= 0.6 is 11.3 Å². The molecule has 1 aliphatic heterocycles. The monoisotopic (exact) mass is 605 g/mol. The number of allylic oxidation sites excluding steroid dienone is 1. The number of ether oxygens (including phenoxy) is 1. The Morgan fingerprint density at radius 3 is 2.60 bits per heavy atom. The van der Waals surface area contributed by atoms with Crippen LogP contribution in [0.3, 0.4) is 0 Å². The Labute approximate surface area is 246 Å². The van der Waals surface area contributed by atoms with Crippen LogP contribution in [0.25, 0.3) is 27.9 Å². The summed E-state index contributed by atoms with van der Waals surface area (Å²) in [5.74, 6) is -0.310. The lowest BCUT2D eigenvalue weighted by atomic mass is 10.0. The van der Waals surface area contributed by atoms with E-state index in [9.17, 15) is 18.0 Å². The Balaban J connectivity index is 1.47. The van der Waals surface area contributed by atoms with Gasteiger partial charge in [0.1, 0.15) is 17.5 Å². The lowest BCUT2D eigenvalue weighted by Gasteiger charge is -2.25. The molecule has 0 aromatic carbocycles. The van der Waals surface area contributed by atoms with Gasteiger partial charge in [-0.3, -0.25) is 14.3 Å². The quantitative estimate of drug-likeness (QED) is 0.294. The highest BCUT2D eigenvalue weighted by molar-refractivity contribution is 7.94. The zero-order valence-electron chi connectivity index (χ0n) is 23.3. The van der Waals surface area contributed by atoms with Crippen molar-refractivity contribution in [2.45, 2.75) is 31.4 Å². The first-order valence-electron chi connectivity index (χ1n) is 12.9. The van der Waals surface area contributed by atoms with E-state index in [1.807, 2.05) is 12.1 Å². The van der Waals surface area contributed by atoms with E-state index in [4.69, 9.17) is 9.72 Å². The van der Waals surface area contributed by atoms with Crippen LogP contribution < -0.4 is 9.46 Å². The number of methoxy groups -OCH3 is 1. The minimum absolute atomic E-state index is 0.107. The number of sulfonamides is 1. The molecule has 1 aliphatic rings. The summed E-state index contributed by atoms with van der Waals surface area (Å²) >= 11 is 1.08. The van der Waals surface area contributed by atoms with Crippen LogP contribution in [0.5, 0.6) is 5.88 Å². The highest BCUT2D eigenvalue weighted by Crippen LogP contribution is 2.33. The highest BCUT2D eigenvalue weighted by atomic mass is 32.2. The molecule has 0 atom stereocenters. The molecule has 1 N–H and O–H groups in total. The summed E-state index contributed by atoms with van der Waals surface area (Å²) in [7, 11) is -2.53. The molecule has 0 spiro atoms. The zero-order valence-corrected chi connectivity index (χ0v) is 24.9. The SMILES string of the molecule is COc1ncc(-c2ccc3ncnc(C4=CCN(C(=O)/C=C/C(C)=O)CC4)c3n2)cc1NS(=O)(=O)c1sc(C)nc1C. The number of carbonyl (C=O) groups excluding carboxylic acids is 2. The average molecular weight is 606 g/mol. The number of hydrogen-bond donors (Lipinski definition) is 1. The number of aromatic nitrogens is 5. The maximum Gasteiger partial charge on any atom is 0.273 e. The normalized spacial score (nSPS) is 13.8. The molecule has 0 fully saturated rings. The largest absolute Gasteiger partial charge is 0.480 e. The molecule has 4 aromatic heterocycles. The molecule has 5 rings (SSSR count). The summed E-state index contributed by atoms with van der Waals surface area (Å²) in [6, 6.07) is 5.20. The van der Waals surface area contributed by atoms with E-state index in [0.717, 1.165) is 16.9 Å². The summed E-state index contributed by atoms with van der Waals surface area (Å²) in [6.07, 6.45) is 8.03. The molecule has 42 heavy (non-hydrogen) atoms. The topological polar surface area (TPSA) is 157 Å². The van der Waals surface area contributed by atoms with Crippen molar-refractivity contribution in [3.8, 4) is 17.1 Å². The third-order valence-electron chi connectivity index (χ3n) is 6.46. The van der Waals surface area contributed by atoms with Crippen LogP contribution in [0.1, 0.15) is 29.7 Å². The number of nitrogens with one attached hydrogen (secondary N) is 1. The maximum atomic E-state index is 13.2. The van der Waals surface area contributed by atoms with E-state index in [-0.39, 0.29) is 27.5 Å². The second-order valence-electron chi connectivity index (χ2n) is 9.49. The Kier molecular flexibility index (Phi) is 8.09. The van der Waals surface area contributed by atoms with Crippen LogP contribution in [0.15, 0.2) is 53.2 Å². The summed E-state index contributed by atoms with van der Waals surface area (Å²) in [4.78, 5) is 47.4. The Morgan fingerprint density at radius 1 is 1.12 bits per heavy atom. The second kappa shape index (κ2) is 11.7. The van der Waals surface area contributed by atoms with E-state index in [0.29, 0.717) is 58.2 Å². The van der Waals surface area contributed by atoms with Gasteiger partial charge in [0.15, 0.2) is 9.99 Å². The molecule has 216 valence electrons. The number of pyridine rings is 2. The number of aryl methyl sites for hydroxylation is 2. The van der Waals surface area contributed by atoms with Gasteiger partial charge in [0.05, 0.1) is 34.7 Å². The van der Waals surface area contributed by atoms with Gasteiger partial charge in [-0.15, -0.1) is 11.3 Å².